The molecule has 0 saturated carbocycles. The van der Waals surface area contributed by atoms with Crippen LogP contribution in [-0.2, 0) is 11.3 Å². The van der Waals surface area contributed by atoms with Gasteiger partial charge in [0, 0.05) is 12.8 Å². The topological polar surface area (TPSA) is 80.4 Å². The number of rotatable bonds is 2. The third-order valence-electron chi connectivity index (χ3n) is 2.36. The van der Waals surface area contributed by atoms with Gasteiger partial charge in [-0.3, -0.25) is 0 Å². The Morgan fingerprint density at radius 1 is 1.50 bits per heavy atom. The molecule has 0 spiro atoms. The van der Waals surface area contributed by atoms with E-state index in [4.69, 9.17) is 4.74 Å². The molecule has 0 bridgehead atoms. The maximum Gasteiger partial charge on any atom is 0.108 e. The van der Waals surface area contributed by atoms with Crippen molar-refractivity contribution in [2.45, 2.75) is 31.3 Å². The zero-order valence-electron chi connectivity index (χ0n) is 7.65. The molecule has 0 aromatic carbocycles. The molecule has 1 aliphatic heterocycles. The predicted octanol–water partition coefficient (Wildman–Crippen LogP) is -1.21. The van der Waals surface area contributed by atoms with E-state index in [0.29, 0.717) is 19.6 Å². The summed E-state index contributed by atoms with van der Waals surface area (Å²) in [6.45, 7) is 0.885. The SMILES string of the molecule is OC1CCOC(Cn2ccnn2)C1O. The predicted molar refractivity (Wildman–Crippen MR) is 46.4 cm³/mol. The van der Waals surface area contributed by atoms with Gasteiger partial charge in [0.15, 0.2) is 0 Å². The summed E-state index contributed by atoms with van der Waals surface area (Å²) in [4.78, 5) is 0. The molecule has 0 amide bonds. The van der Waals surface area contributed by atoms with E-state index in [-0.39, 0.29) is 0 Å². The molecule has 1 saturated heterocycles. The molecule has 78 valence electrons. The van der Waals surface area contributed by atoms with E-state index in [1.54, 1.807) is 17.1 Å². The van der Waals surface area contributed by atoms with Crippen molar-refractivity contribution in [1.29, 1.82) is 0 Å². The van der Waals surface area contributed by atoms with Crippen molar-refractivity contribution in [2.24, 2.45) is 0 Å². The van der Waals surface area contributed by atoms with Crippen LogP contribution in [0.3, 0.4) is 0 Å². The smallest absolute Gasteiger partial charge is 0.108 e. The van der Waals surface area contributed by atoms with Crippen molar-refractivity contribution >= 4 is 0 Å². The second-order valence-electron chi connectivity index (χ2n) is 3.38. The Morgan fingerprint density at radius 3 is 3.07 bits per heavy atom. The minimum absolute atomic E-state index is 0.402. The van der Waals surface area contributed by atoms with Crippen LogP contribution >= 0.6 is 0 Å². The molecule has 14 heavy (non-hydrogen) atoms. The van der Waals surface area contributed by atoms with E-state index < -0.39 is 18.3 Å². The van der Waals surface area contributed by atoms with E-state index in [2.05, 4.69) is 10.3 Å². The Bertz CT molecular complexity index is 277. The number of aliphatic hydroxyl groups is 2. The fourth-order valence-electron chi connectivity index (χ4n) is 1.53. The van der Waals surface area contributed by atoms with Gasteiger partial charge in [-0.2, -0.15) is 0 Å². The number of hydrogen-bond acceptors (Lipinski definition) is 5. The lowest BCUT2D eigenvalue weighted by molar-refractivity contribution is -0.140. The van der Waals surface area contributed by atoms with Crippen molar-refractivity contribution in [3.63, 3.8) is 0 Å². The summed E-state index contributed by atoms with van der Waals surface area (Å²) in [5.41, 5.74) is 0. The lowest BCUT2D eigenvalue weighted by Gasteiger charge is -2.31. The Hall–Kier alpha value is -0.980. The van der Waals surface area contributed by atoms with Crippen LogP contribution in [0.2, 0.25) is 0 Å². The molecule has 2 rings (SSSR count). The van der Waals surface area contributed by atoms with E-state index in [1.807, 2.05) is 0 Å². The van der Waals surface area contributed by atoms with Crippen LogP contribution in [0.15, 0.2) is 12.4 Å². The average molecular weight is 199 g/mol. The van der Waals surface area contributed by atoms with Crippen LogP contribution in [0, 0.1) is 0 Å². The average Bonchev–Trinajstić information content (AvgIpc) is 2.66. The Labute approximate surface area is 81.1 Å². The molecule has 2 N–H and O–H groups in total. The van der Waals surface area contributed by atoms with Crippen molar-refractivity contribution in [3.05, 3.63) is 12.4 Å². The summed E-state index contributed by atoms with van der Waals surface area (Å²) in [5.74, 6) is 0. The molecule has 1 fully saturated rings. The Kier molecular flexibility index (Phi) is 2.76. The minimum Gasteiger partial charge on any atom is -0.390 e. The molecule has 6 nitrogen and oxygen atoms in total. The molecular weight excluding hydrogens is 186 g/mol. The summed E-state index contributed by atoms with van der Waals surface area (Å²) in [7, 11) is 0. The Morgan fingerprint density at radius 2 is 2.36 bits per heavy atom. The molecule has 0 radical (unpaired) electrons. The molecule has 0 aliphatic carbocycles. The van der Waals surface area contributed by atoms with E-state index in [9.17, 15) is 10.2 Å². The van der Waals surface area contributed by atoms with Crippen molar-refractivity contribution < 1.29 is 14.9 Å². The van der Waals surface area contributed by atoms with Gasteiger partial charge in [0.25, 0.3) is 0 Å². The first-order valence-corrected chi connectivity index (χ1v) is 4.59. The first kappa shape index (κ1) is 9.57. The van der Waals surface area contributed by atoms with Gasteiger partial charge < -0.3 is 14.9 Å². The first-order valence-electron chi connectivity index (χ1n) is 4.59. The lowest BCUT2D eigenvalue weighted by Crippen LogP contribution is -2.46. The van der Waals surface area contributed by atoms with E-state index >= 15 is 0 Å². The monoisotopic (exact) mass is 199 g/mol. The molecule has 3 unspecified atom stereocenters. The fraction of sp³-hybridized carbons (Fsp3) is 0.750. The largest absolute Gasteiger partial charge is 0.390 e. The fourth-order valence-corrected chi connectivity index (χ4v) is 1.53. The van der Waals surface area contributed by atoms with Crippen molar-refractivity contribution in [1.82, 2.24) is 15.0 Å². The highest BCUT2D eigenvalue weighted by molar-refractivity contribution is 4.81. The maximum absolute atomic E-state index is 9.60. The number of aromatic nitrogens is 3. The van der Waals surface area contributed by atoms with Gasteiger partial charge in [-0.15, -0.1) is 5.10 Å². The van der Waals surface area contributed by atoms with Gasteiger partial charge in [-0.1, -0.05) is 5.21 Å². The lowest BCUT2D eigenvalue weighted by atomic mass is 10.0. The molecule has 3 atom stereocenters. The number of ether oxygens (including phenoxy) is 1. The summed E-state index contributed by atoms with van der Waals surface area (Å²) >= 11 is 0. The van der Waals surface area contributed by atoms with Crippen LogP contribution in [0.4, 0.5) is 0 Å². The van der Waals surface area contributed by atoms with E-state index in [1.165, 1.54) is 0 Å². The minimum atomic E-state index is -0.840. The molecule has 6 heteroatoms. The highest BCUT2D eigenvalue weighted by Gasteiger charge is 2.31. The molecular formula is C8H13N3O3. The quantitative estimate of drug-likeness (QED) is 0.624. The van der Waals surface area contributed by atoms with Crippen molar-refractivity contribution in [3.8, 4) is 0 Å². The zero-order chi connectivity index (χ0) is 9.97. The molecule has 1 aromatic heterocycles. The van der Waals surface area contributed by atoms with Gasteiger partial charge in [-0.25, -0.2) is 4.68 Å². The molecule has 1 aromatic rings. The highest BCUT2D eigenvalue weighted by Crippen LogP contribution is 2.15. The number of hydrogen-bond donors (Lipinski definition) is 2. The maximum atomic E-state index is 9.60. The highest BCUT2D eigenvalue weighted by atomic mass is 16.5. The van der Waals surface area contributed by atoms with Crippen molar-refractivity contribution in [2.75, 3.05) is 6.61 Å². The summed E-state index contributed by atoms with van der Waals surface area (Å²) in [6, 6.07) is 0. The standard InChI is InChI=1S/C8H13N3O3/c12-6-1-4-14-7(8(6)13)5-11-3-2-9-10-11/h2-3,6-8,12-13H,1,4-5H2. The normalized spacial score (nSPS) is 33.1. The van der Waals surface area contributed by atoms with Gasteiger partial charge in [-0.05, 0) is 6.42 Å². The summed E-state index contributed by atoms with van der Waals surface area (Å²) < 4.78 is 6.91. The van der Waals surface area contributed by atoms with Crippen LogP contribution in [0.25, 0.3) is 0 Å². The number of nitrogens with zero attached hydrogens (tertiary/aromatic N) is 3. The van der Waals surface area contributed by atoms with Gasteiger partial charge >= 0.3 is 0 Å². The van der Waals surface area contributed by atoms with Gasteiger partial charge in [0.2, 0.25) is 0 Å². The van der Waals surface area contributed by atoms with Crippen LogP contribution in [-0.4, -0.2) is 50.1 Å². The van der Waals surface area contributed by atoms with Crippen LogP contribution in [0.5, 0.6) is 0 Å². The van der Waals surface area contributed by atoms with Crippen LogP contribution < -0.4 is 0 Å². The molecule has 2 heterocycles. The van der Waals surface area contributed by atoms with Gasteiger partial charge in [0.05, 0.1) is 18.8 Å². The number of aliphatic hydroxyl groups excluding tert-OH is 2. The second kappa shape index (κ2) is 4.04. The first-order chi connectivity index (χ1) is 6.77. The van der Waals surface area contributed by atoms with Crippen LogP contribution in [0.1, 0.15) is 6.42 Å². The molecule has 1 aliphatic rings. The summed E-state index contributed by atoms with van der Waals surface area (Å²) in [5, 5.41) is 26.4. The zero-order valence-corrected chi connectivity index (χ0v) is 7.65. The second-order valence-corrected chi connectivity index (χ2v) is 3.38. The van der Waals surface area contributed by atoms with E-state index in [0.717, 1.165) is 0 Å². The summed E-state index contributed by atoms with van der Waals surface area (Å²) in [6.07, 6.45) is 1.79. The Balaban J connectivity index is 1.97. The van der Waals surface area contributed by atoms with Gasteiger partial charge in [0.1, 0.15) is 12.2 Å². The third-order valence-corrected chi connectivity index (χ3v) is 2.36. The third kappa shape index (κ3) is 1.92.